The summed E-state index contributed by atoms with van der Waals surface area (Å²) in [5.74, 6) is -3.58. The summed E-state index contributed by atoms with van der Waals surface area (Å²) in [4.78, 5) is 64.4. The minimum Gasteiger partial charge on any atom is -0.351 e. The maximum Gasteiger partial charge on any atom is 0.328 e. The summed E-state index contributed by atoms with van der Waals surface area (Å²) in [5, 5.41) is 3.09. The number of anilines is 1. The summed E-state index contributed by atoms with van der Waals surface area (Å²) in [7, 11) is 0. The average Bonchev–Trinajstić information content (AvgIpc) is 3.27. The van der Waals surface area contributed by atoms with Crippen LogP contribution in [-0.4, -0.2) is 38.5 Å². The number of thioether (sulfide) groups is 1. The van der Waals surface area contributed by atoms with Crippen molar-refractivity contribution in [3.8, 4) is 0 Å². The number of carbonyl (C=O) groups excluding carboxylic acids is 4. The van der Waals surface area contributed by atoms with E-state index >= 15 is 0 Å². The number of thiazole rings is 1. The normalized spacial score (nSPS) is 20.7. The van der Waals surface area contributed by atoms with E-state index in [1.165, 1.54) is 4.57 Å². The van der Waals surface area contributed by atoms with Crippen LogP contribution in [0.15, 0.2) is 58.4 Å². The fourth-order valence-corrected chi connectivity index (χ4v) is 7.40. The molecule has 3 heterocycles. The quantitative estimate of drug-likeness (QED) is 0.467. The van der Waals surface area contributed by atoms with Crippen molar-refractivity contribution in [1.29, 1.82) is 0 Å². The Hall–Kier alpha value is -3.12. The van der Waals surface area contributed by atoms with Gasteiger partial charge in [-0.3, -0.25) is 23.7 Å². The number of rotatable bonds is 4. The number of urea groups is 1. The van der Waals surface area contributed by atoms with Crippen LogP contribution in [0.3, 0.4) is 0 Å². The monoisotopic (exact) mass is 562 g/mol. The molecule has 2 aliphatic heterocycles. The Morgan fingerprint density at radius 1 is 0.944 bits per heavy atom. The van der Waals surface area contributed by atoms with Crippen molar-refractivity contribution in [3.05, 3.63) is 78.7 Å². The van der Waals surface area contributed by atoms with Crippen molar-refractivity contribution in [2.24, 2.45) is 11.7 Å². The third-order valence-corrected chi connectivity index (χ3v) is 9.04. The van der Waals surface area contributed by atoms with Crippen molar-refractivity contribution >= 4 is 75.7 Å². The molecule has 9 nitrogen and oxygen atoms in total. The van der Waals surface area contributed by atoms with Gasteiger partial charge in [0, 0.05) is 26.5 Å². The summed E-state index contributed by atoms with van der Waals surface area (Å²) in [6.07, 6.45) is 0. The highest BCUT2D eigenvalue weighted by Crippen LogP contribution is 2.53. The molecule has 1 saturated heterocycles. The topological polar surface area (TPSA) is 132 Å². The maximum atomic E-state index is 13.2. The standard InChI is InChI=1S/C23H16Cl2N4O5S2/c24-11-3-1-10(2-4-11)15-16-17(20(32)29(19(16)31)22(26)33)35-21-18(15)36-23(34)28(21)9-14(30)27-13-7-5-12(25)6-8-13/h1-8,15-17H,9H2,(H2,26,33)(H,27,30)/t15-,16+,17-/m0/s1. The van der Waals surface area contributed by atoms with Crippen molar-refractivity contribution < 1.29 is 19.2 Å². The number of amides is 5. The molecule has 13 heteroatoms. The Labute approximate surface area is 222 Å². The minimum absolute atomic E-state index is 0.313. The number of hydrogen-bond acceptors (Lipinski definition) is 7. The van der Waals surface area contributed by atoms with E-state index in [9.17, 15) is 24.0 Å². The van der Waals surface area contributed by atoms with E-state index in [2.05, 4.69) is 5.32 Å². The fraction of sp³-hybridized carbons (Fsp3) is 0.174. The van der Waals surface area contributed by atoms with Crippen LogP contribution in [0.1, 0.15) is 16.4 Å². The number of nitrogens with two attached hydrogens (primary N) is 1. The fourth-order valence-electron chi connectivity index (χ4n) is 4.38. The number of carbonyl (C=O) groups is 4. The van der Waals surface area contributed by atoms with Gasteiger partial charge in [-0.2, -0.15) is 4.90 Å². The highest BCUT2D eigenvalue weighted by atomic mass is 35.5. The van der Waals surface area contributed by atoms with Crippen LogP contribution in [0.4, 0.5) is 10.5 Å². The molecule has 0 bridgehead atoms. The highest BCUT2D eigenvalue weighted by molar-refractivity contribution is 8.00. The molecule has 1 fully saturated rings. The molecule has 184 valence electrons. The number of benzene rings is 2. The van der Waals surface area contributed by atoms with Gasteiger partial charge < -0.3 is 11.1 Å². The zero-order valence-electron chi connectivity index (χ0n) is 18.1. The van der Waals surface area contributed by atoms with E-state index in [0.29, 0.717) is 36.1 Å². The van der Waals surface area contributed by atoms with Gasteiger partial charge in [0.25, 0.3) is 5.91 Å². The number of nitrogens with zero attached hydrogens (tertiary/aromatic N) is 2. The number of imide groups is 3. The third-order valence-electron chi connectivity index (χ3n) is 5.93. The Morgan fingerprint density at radius 2 is 1.56 bits per heavy atom. The Kier molecular flexibility index (Phi) is 6.41. The Morgan fingerprint density at radius 3 is 2.17 bits per heavy atom. The molecular weight excluding hydrogens is 547 g/mol. The summed E-state index contributed by atoms with van der Waals surface area (Å²) in [6.45, 7) is -0.313. The van der Waals surface area contributed by atoms with E-state index < -0.39 is 45.7 Å². The van der Waals surface area contributed by atoms with Gasteiger partial charge in [-0.1, -0.05) is 58.4 Å². The van der Waals surface area contributed by atoms with E-state index in [1.54, 1.807) is 48.5 Å². The Bertz CT molecular complexity index is 1470. The van der Waals surface area contributed by atoms with Crippen LogP contribution >= 0.6 is 46.3 Å². The lowest BCUT2D eigenvalue weighted by Gasteiger charge is -2.30. The SMILES string of the molecule is NC(=O)N1C(=O)[C@@H]2[C@H](c3ccc(Cl)cc3)c3sc(=O)n(CC(=O)Nc4ccc(Cl)cc4)c3S[C@@H]2C1=O. The van der Waals surface area contributed by atoms with Crippen molar-refractivity contribution in [3.63, 3.8) is 0 Å². The van der Waals surface area contributed by atoms with E-state index in [0.717, 1.165) is 23.1 Å². The van der Waals surface area contributed by atoms with Crippen LogP contribution in [0.25, 0.3) is 0 Å². The predicted octanol–water partition coefficient (Wildman–Crippen LogP) is 3.53. The van der Waals surface area contributed by atoms with Gasteiger partial charge in [0.2, 0.25) is 11.8 Å². The second kappa shape index (κ2) is 9.40. The van der Waals surface area contributed by atoms with Gasteiger partial charge in [0.05, 0.1) is 10.9 Å². The van der Waals surface area contributed by atoms with E-state index in [4.69, 9.17) is 28.9 Å². The highest BCUT2D eigenvalue weighted by Gasteiger charge is 2.57. The van der Waals surface area contributed by atoms with Crippen LogP contribution in [0.5, 0.6) is 0 Å². The van der Waals surface area contributed by atoms with Crippen LogP contribution in [0, 0.1) is 5.92 Å². The summed E-state index contributed by atoms with van der Waals surface area (Å²) >= 11 is 13.8. The molecule has 5 rings (SSSR count). The minimum atomic E-state index is -1.15. The van der Waals surface area contributed by atoms with E-state index in [-0.39, 0.29) is 6.54 Å². The molecule has 2 aliphatic rings. The first-order valence-corrected chi connectivity index (χ1v) is 13.0. The zero-order chi connectivity index (χ0) is 25.7. The third kappa shape index (κ3) is 4.21. The maximum absolute atomic E-state index is 13.2. The molecule has 0 unspecified atom stereocenters. The number of hydrogen-bond donors (Lipinski definition) is 2. The predicted molar refractivity (Wildman–Crippen MR) is 137 cm³/mol. The number of aromatic nitrogens is 1. The number of fused-ring (bicyclic) bond motifs is 2. The largest absolute Gasteiger partial charge is 0.351 e. The lowest BCUT2D eigenvalue weighted by molar-refractivity contribution is -0.135. The Balaban J connectivity index is 1.55. The lowest BCUT2D eigenvalue weighted by Crippen LogP contribution is -2.41. The molecule has 0 spiro atoms. The number of nitrogens with one attached hydrogen (secondary N) is 1. The second-order valence-electron chi connectivity index (χ2n) is 8.12. The first-order valence-electron chi connectivity index (χ1n) is 10.5. The summed E-state index contributed by atoms with van der Waals surface area (Å²) in [5.41, 5.74) is 6.47. The van der Waals surface area contributed by atoms with Crippen LogP contribution in [-0.2, 0) is 20.9 Å². The summed E-state index contributed by atoms with van der Waals surface area (Å²) < 4.78 is 1.28. The smallest absolute Gasteiger partial charge is 0.328 e. The summed E-state index contributed by atoms with van der Waals surface area (Å²) in [6, 6.07) is 12.0. The molecule has 0 aliphatic carbocycles. The van der Waals surface area contributed by atoms with Gasteiger partial charge >= 0.3 is 10.9 Å². The number of halogens is 2. The molecule has 5 amide bonds. The van der Waals surface area contributed by atoms with Gasteiger partial charge in [-0.05, 0) is 42.0 Å². The first-order chi connectivity index (χ1) is 17.2. The molecule has 3 aromatic rings. The van der Waals surface area contributed by atoms with Crippen molar-refractivity contribution in [1.82, 2.24) is 9.47 Å². The molecule has 3 atom stereocenters. The zero-order valence-corrected chi connectivity index (χ0v) is 21.3. The van der Waals surface area contributed by atoms with Gasteiger partial charge in [0.1, 0.15) is 11.8 Å². The average molecular weight is 563 g/mol. The first kappa shape index (κ1) is 24.6. The lowest BCUT2D eigenvalue weighted by atomic mass is 9.83. The molecule has 0 radical (unpaired) electrons. The van der Waals surface area contributed by atoms with Crippen molar-refractivity contribution in [2.75, 3.05) is 5.32 Å². The van der Waals surface area contributed by atoms with Crippen LogP contribution < -0.4 is 15.9 Å². The number of likely N-dealkylation sites (tertiary alicyclic amines) is 1. The van der Waals surface area contributed by atoms with E-state index in [1.807, 2.05) is 0 Å². The van der Waals surface area contributed by atoms with Gasteiger partial charge in [-0.15, -0.1) is 0 Å². The molecule has 0 saturated carbocycles. The molecule has 2 aromatic carbocycles. The molecular formula is C23H16Cl2N4O5S2. The second-order valence-corrected chi connectivity index (χ2v) is 11.1. The van der Waals surface area contributed by atoms with Gasteiger partial charge in [0.15, 0.2) is 0 Å². The molecule has 3 N–H and O–H groups in total. The van der Waals surface area contributed by atoms with Crippen LogP contribution in [0.2, 0.25) is 10.0 Å². The number of primary amides is 1. The van der Waals surface area contributed by atoms with Crippen molar-refractivity contribution in [2.45, 2.75) is 22.7 Å². The van der Waals surface area contributed by atoms with Gasteiger partial charge in [-0.25, -0.2) is 4.79 Å². The molecule has 1 aromatic heterocycles. The molecule has 36 heavy (non-hydrogen) atoms.